The molecule has 0 aliphatic carbocycles. The lowest BCUT2D eigenvalue weighted by atomic mass is 10.2. The summed E-state index contributed by atoms with van der Waals surface area (Å²) in [6.45, 7) is -0.427. The number of nitrogens with zero attached hydrogens (tertiary/aromatic N) is 6. The fourth-order valence-electron chi connectivity index (χ4n) is 2.69. The van der Waals surface area contributed by atoms with Crippen molar-refractivity contribution in [2.45, 2.75) is 0 Å². The largest absolute Gasteiger partial charge is 0.452 e. The molecule has 0 aliphatic rings. The Morgan fingerprint density at radius 3 is 2.38 bits per heavy atom. The highest BCUT2D eigenvalue weighted by molar-refractivity contribution is 5.95. The first kappa shape index (κ1) is 20.5. The van der Waals surface area contributed by atoms with Crippen LogP contribution in [0, 0.1) is 0 Å². The van der Waals surface area contributed by atoms with Crippen LogP contribution in [0.1, 0.15) is 10.4 Å². The Balaban J connectivity index is 1.29. The number of anilines is 1. The number of aromatic nitrogens is 4. The van der Waals surface area contributed by atoms with Crippen LogP contribution in [-0.2, 0) is 9.53 Å². The molecule has 0 radical (unpaired) electrons. The third-order valence-electron chi connectivity index (χ3n) is 4.22. The number of tetrazole rings is 1. The number of esters is 1. The lowest BCUT2D eigenvalue weighted by Crippen LogP contribution is -2.21. The van der Waals surface area contributed by atoms with Crippen LogP contribution < -0.4 is 5.32 Å². The average molecular weight is 427 g/mol. The summed E-state index contributed by atoms with van der Waals surface area (Å²) in [5, 5.41) is 21.8. The highest BCUT2D eigenvalue weighted by Gasteiger charge is 2.12. The molecule has 0 saturated heterocycles. The fraction of sp³-hybridized carbons (Fsp3) is 0.0455. The third kappa shape index (κ3) is 5.45. The lowest BCUT2D eigenvalue weighted by Gasteiger charge is -2.07. The molecule has 0 atom stereocenters. The van der Waals surface area contributed by atoms with Gasteiger partial charge in [0.25, 0.3) is 5.91 Å². The molecule has 0 fully saturated rings. The van der Waals surface area contributed by atoms with E-state index in [0.717, 1.165) is 5.69 Å². The van der Waals surface area contributed by atoms with Gasteiger partial charge in [-0.25, -0.2) is 9.48 Å². The first-order chi connectivity index (χ1) is 15.7. The van der Waals surface area contributed by atoms with Gasteiger partial charge in [0.2, 0.25) is 0 Å². The number of hydrogen-bond acceptors (Lipinski definition) is 8. The smallest absolute Gasteiger partial charge is 0.338 e. The number of nitrogens with one attached hydrogen (secondary N) is 1. The van der Waals surface area contributed by atoms with Gasteiger partial charge in [-0.2, -0.15) is 10.2 Å². The van der Waals surface area contributed by atoms with Gasteiger partial charge >= 0.3 is 5.97 Å². The number of carbonyl (C=O) groups is 2. The van der Waals surface area contributed by atoms with Gasteiger partial charge in [-0.05, 0) is 65.0 Å². The van der Waals surface area contributed by atoms with Crippen LogP contribution in [0.25, 0.3) is 5.69 Å². The van der Waals surface area contributed by atoms with Gasteiger partial charge in [0.05, 0.1) is 22.6 Å². The SMILES string of the molecule is O=C(COC(=O)c1cccc(-n2cnnn2)c1)Nc1ccc(N=Nc2ccccc2)cc1. The maximum absolute atomic E-state index is 12.3. The van der Waals surface area contributed by atoms with Crippen molar-refractivity contribution < 1.29 is 14.3 Å². The molecule has 0 spiro atoms. The number of hydrogen-bond donors (Lipinski definition) is 1. The van der Waals surface area contributed by atoms with Crippen molar-refractivity contribution in [3.8, 4) is 5.69 Å². The zero-order valence-electron chi connectivity index (χ0n) is 16.7. The zero-order valence-corrected chi connectivity index (χ0v) is 16.7. The minimum atomic E-state index is -0.633. The van der Waals surface area contributed by atoms with E-state index in [0.29, 0.717) is 17.1 Å². The number of azo groups is 1. The Labute approximate surface area is 182 Å². The second-order valence-corrected chi connectivity index (χ2v) is 6.51. The van der Waals surface area contributed by atoms with Crippen molar-refractivity contribution in [2.75, 3.05) is 11.9 Å². The van der Waals surface area contributed by atoms with Gasteiger partial charge in [-0.15, -0.1) is 5.10 Å². The van der Waals surface area contributed by atoms with E-state index < -0.39 is 18.5 Å². The zero-order chi connectivity index (χ0) is 22.2. The summed E-state index contributed by atoms with van der Waals surface area (Å²) in [6.07, 6.45) is 1.41. The molecule has 0 saturated carbocycles. The van der Waals surface area contributed by atoms with Crippen LogP contribution in [0.4, 0.5) is 17.1 Å². The molecule has 4 aromatic rings. The molecule has 32 heavy (non-hydrogen) atoms. The summed E-state index contributed by atoms with van der Waals surface area (Å²) >= 11 is 0. The monoisotopic (exact) mass is 427 g/mol. The molecule has 3 aromatic carbocycles. The van der Waals surface area contributed by atoms with E-state index in [9.17, 15) is 9.59 Å². The summed E-state index contributed by atoms with van der Waals surface area (Å²) in [6, 6.07) is 22.7. The van der Waals surface area contributed by atoms with Crippen molar-refractivity contribution in [3.05, 3.63) is 90.8 Å². The molecular formula is C22H17N7O3. The van der Waals surface area contributed by atoms with Gasteiger partial charge in [0.1, 0.15) is 6.33 Å². The van der Waals surface area contributed by atoms with Gasteiger partial charge in [0, 0.05) is 5.69 Å². The van der Waals surface area contributed by atoms with Crippen LogP contribution in [0.5, 0.6) is 0 Å². The van der Waals surface area contributed by atoms with E-state index in [2.05, 4.69) is 31.1 Å². The average Bonchev–Trinajstić information content (AvgIpc) is 3.38. The first-order valence-electron chi connectivity index (χ1n) is 9.55. The maximum atomic E-state index is 12.3. The van der Waals surface area contributed by atoms with Crippen molar-refractivity contribution in [1.82, 2.24) is 20.2 Å². The molecule has 0 aliphatic heterocycles. The Kier molecular flexibility index (Phi) is 6.32. The van der Waals surface area contributed by atoms with Crippen LogP contribution in [0.3, 0.4) is 0 Å². The van der Waals surface area contributed by atoms with Gasteiger partial charge < -0.3 is 10.1 Å². The van der Waals surface area contributed by atoms with E-state index in [1.165, 1.54) is 11.0 Å². The predicted octanol–water partition coefficient (Wildman–Crippen LogP) is 3.87. The van der Waals surface area contributed by atoms with E-state index in [1.54, 1.807) is 48.5 Å². The standard InChI is InChI=1S/C22H17N7O3/c30-21(14-32-22(31)16-5-4-8-20(13-16)29-15-23-27-28-29)24-17-9-11-19(12-10-17)26-25-18-6-2-1-3-7-18/h1-13,15H,14H2,(H,24,30). The summed E-state index contributed by atoms with van der Waals surface area (Å²) in [5.74, 6) is -1.10. The quantitative estimate of drug-likeness (QED) is 0.353. The van der Waals surface area contributed by atoms with Gasteiger partial charge in [0.15, 0.2) is 6.61 Å². The lowest BCUT2D eigenvalue weighted by molar-refractivity contribution is -0.119. The second-order valence-electron chi connectivity index (χ2n) is 6.51. The Bertz CT molecular complexity index is 1220. The molecule has 1 aromatic heterocycles. The molecule has 10 nitrogen and oxygen atoms in total. The summed E-state index contributed by atoms with van der Waals surface area (Å²) < 4.78 is 6.51. The van der Waals surface area contributed by atoms with E-state index >= 15 is 0 Å². The molecule has 1 amide bonds. The second kappa shape index (κ2) is 9.85. The predicted molar refractivity (Wildman–Crippen MR) is 115 cm³/mol. The molecule has 1 N–H and O–H groups in total. The van der Waals surface area contributed by atoms with Crippen molar-refractivity contribution in [1.29, 1.82) is 0 Å². The van der Waals surface area contributed by atoms with E-state index in [-0.39, 0.29) is 5.56 Å². The molecule has 0 bridgehead atoms. The van der Waals surface area contributed by atoms with Crippen molar-refractivity contribution in [3.63, 3.8) is 0 Å². The van der Waals surface area contributed by atoms with Crippen LogP contribution in [0.2, 0.25) is 0 Å². The topological polar surface area (TPSA) is 124 Å². The number of benzene rings is 3. The highest BCUT2D eigenvalue weighted by Crippen LogP contribution is 2.20. The molecule has 0 unspecified atom stereocenters. The molecule has 158 valence electrons. The van der Waals surface area contributed by atoms with Crippen LogP contribution in [0.15, 0.2) is 95.4 Å². The minimum absolute atomic E-state index is 0.277. The fourth-order valence-corrected chi connectivity index (χ4v) is 2.69. The molecule has 4 rings (SSSR count). The van der Waals surface area contributed by atoms with Crippen molar-refractivity contribution in [2.24, 2.45) is 10.2 Å². The summed E-state index contributed by atoms with van der Waals surface area (Å²) in [5.41, 5.74) is 2.80. The van der Waals surface area contributed by atoms with E-state index in [4.69, 9.17) is 4.74 Å². The number of ether oxygens (including phenoxy) is 1. The van der Waals surface area contributed by atoms with E-state index in [1.807, 2.05) is 30.3 Å². The molecular weight excluding hydrogens is 410 g/mol. The number of rotatable bonds is 7. The Morgan fingerprint density at radius 2 is 1.66 bits per heavy atom. The normalized spacial score (nSPS) is 10.8. The maximum Gasteiger partial charge on any atom is 0.338 e. The van der Waals surface area contributed by atoms with Crippen LogP contribution >= 0.6 is 0 Å². The Morgan fingerprint density at radius 1 is 0.906 bits per heavy atom. The minimum Gasteiger partial charge on any atom is -0.452 e. The van der Waals surface area contributed by atoms with Gasteiger partial charge in [-0.3, -0.25) is 4.79 Å². The van der Waals surface area contributed by atoms with Crippen molar-refractivity contribution >= 4 is 28.9 Å². The molecule has 10 heteroatoms. The number of carbonyl (C=O) groups excluding carboxylic acids is 2. The Hall–Kier alpha value is -4.73. The summed E-state index contributed by atoms with van der Waals surface area (Å²) in [7, 11) is 0. The molecule has 1 heterocycles. The first-order valence-corrected chi connectivity index (χ1v) is 9.55. The van der Waals surface area contributed by atoms with Gasteiger partial charge in [-0.1, -0.05) is 24.3 Å². The third-order valence-corrected chi connectivity index (χ3v) is 4.22. The highest BCUT2D eigenvalue weighted by atomic mass is 16.5. The van der Waals surface area contributed by atoms with Crippen LogP contribution in [-0.4, -0.2) is 38.7 Å². The summed E-state index contributed by atoms with van der Waals surface area (Å²) in [4.78, 5) is 24.4. The number of amides is 1.